The molecule has 0 unspecified atom stereocenters. The highest BCUT2D eigenvalue weighted by atomic mass is 19.1. The van der Waals surface area contributed by atoms with E-state index in [2.05, 4.69) is 24.0 Å². The number of allylic oxidation sites excluding steroid dienone is 2. The van der Waals surface area contributed by atoms with Gasteiger partial charge in [-0.2, -0.15) is 5.10 Å². The third-order valence-corrected chi connectivity index (χ3v) is 5.51. The fraction of sp³-hybridized carbons (Fsp3) is 0.400. The van der Waals surface area contributed by atoms with E-state index < -0.39 is 5.41 Å². The van der Waals surface area contributed by atoms with Crippen LogP contribution in [0.4, 0.5) is 4.39 Å². The number of Topliss-reactive ketones (excluding diaryl/α,β-unsaturated/α-hetero) is 1. The number of nitrogens with one attached hydrogen (secondary N) is 1. The molecule has 1 aromatic carbocycles. The SMILES string of the molecule is CC1(C)CC(=O)C2=C(Cc3[nH]ncc3[C@]2(C)c2cccc(F)c2)C1. The number of hydrogen-bond acceptors (Lipinski definition) is 2. The number of carbonyl (C=O) groups excluding carboxylic acids is 1. The molecule has 0 bridgehead atoms. The molecular formula is C20H21FN2O. The van der Waals surface area contributed by atoms with Crippen LogP contribution in [-0.4, -0.2) is 16.0 Å². The van der Waals surface area contributed by atoms with Crippen LogP contribution in [0.3, 0.4) is 0 Å². The molecule has 0 spiro atoms. The first kappa shape index (κ1) is 15.3. The first-order valence-corrected chi connectivity index (χ1v) is 8.36. The normalized spacial score (nSPS) is 25.4. The predicted molar refractivity (Wildman–Crippen MR) is 90.2 cm³/mol. The molecule has 0 radical (unpaired) electrons. The van der Waals surface area contributed by atoms with Gasteiger partial charge < -0.3 is 0 Å². The fourth-order valence-corrected chi connectivity index (χ4v) is 4.56. The molecule has 3 nitrogen and oxygen atoms in total. The van der Waals surface area contributed by atoms with Crippen LogP contribution in [0.15, 0.2) is 41.6 Å². The van der Waals surface area contributed by atoms with Crippen LogP contribution < -0.4 is 0 Å². The van der Waals surface area contributed by atoms with Gasteiger partial charge in [-0.1, -0.05) is 31.6 Å². The summed E-state index contributed by atoms with van der Waals surface area (Å²) in [4.78, 5) is 13.1. The lowest BCUT2D eigenvalue weighted by Crippen LogP contribution is -2.40. The van der Waals surface area contributed by atoms with Gasteiger partial charge >= 0.3 is 0 Å². The van der Waals surface area contributed by atoms with Gasteiger partial charge in [0.1, 0.15) is 5.82 Å². The Morgan fingerprint density at radius 3 is 2.75 bits per heavy atom. The van der Waals surface area contributed by atoms with E-state index in [1.807, 2.05) is 13.0 Å². The average Bonchev–Trinajstić information content (AvgIpc) is 2.94. The molecule has 0 amide bonds. The van der Waals surface area contributed by atoms with Gasteiger partial charge in [0.05, 0.1) is 6.20 Å². The zero-order valence-corrected chi connectivity index (χ0v) is 14.2. The van der Waals surface area contributed by atoms with E-state index in [-0.39, 0.29) is 17.0 Å². The maximum absolute atomic E-state index is 13.9. The summed E-state index contributed by atoms with van der Waals surface area (Å²) in [5, 5.41) is 7.29. The number of hydrogen-bond donors (Lipinski definition) is 1. The fourth-order valence-electron chi connectivity index (χ4n) is 4.56. The predicted octanol–water partition coefficient (Wildman–Crippen LogP) is 4.10. The number of benzene rings is 1. The van der Waals surface area contributed by atoms with Gasteiger partial charge in [0, 0.05) is 35.1 Å². The number of carbonyl (C=O) groups is 1. The zero-order valence-electron chi connectivity index (χ0n) is 14.2. The van der Waals surface area contributed by atoms with Crippen molar-refractivity contribution in [3.05, 3.63) is 64.2 Å². The summed E-state index contributed by atoms with van der Waals surface area (Å²) in [6.45, 7) is 6.30. The van der Waals surface area contributed by atoms with E-state index in [1.54, 1.807) is 18.3 Å². The lowest BCUT2D eigenvalue weighted by molar-refractivity contribution is -0.118. The number of fused-ring (bicyclic) bond motifs is 1. The van der Waals surface area contributed by atoms with Gasteiger partial charge in [0.15, 0.2) is 5.78 Å². The maximum atomic E-state index is 13.9. The lowest BCUT2D eigenvalue weighted by Gasteiger charge is -2.43. The molecule has 0 aliphatic heterocycles. The number of H-pyrrole nitrogens is 1. The summed E-state index contributed by atoms with van der Waals surface area (Å²) >= 11 is 0. The van der Waals surface area contributed by atoms with Gasteiger partial charge in [-0.25, -0.2) is 4.39 Å². The molecule has 0 saturated heterocycles. The van der Waals surface area contributed by atoms with Crippen LogP contribution in [-0.2, 0) is 16.6 Å². The molecule has 1 aromatic heterocycles. The Labute approximate surface area is 141 Å². The van der Waals surface area contributed by atoms with E-state index in [0.717, 1.165) is 35.2 Å². The molecular weight excluding hydrogens is 303 g/mol. The van der Waals surface area contributed by atoms with Gasteiger partial charge in [0.2, 0.25) is 0 Å². The third kappa shape index (κ3) is 2.09. The smallest absolute Gasteiger partial charge is 0.160 e. The minimum Gasteiger partial charge on any atom is -0.294 e. The largest absolute Gasteiger partial charge is 0.294 e. The molecule has 2 aromatic rings. The molecule has 1 N–H and O–H groups in total. The average molecular weight is 324 g/mol. The van der Waals surface area contributed by atoms with Crippen molar-refractivity contribution in [2.24, 2.45) is 5.41 Å². The lowest BCUT2D eigenvalue weighted by atomic mass is 9.59. The van der Waals surface area contributed by atoms with Crippen LogP contribution in [0.25, 0.3) is 0 Å². The number of ketones is 1. The topological polar surface area (TPSA) is 45.8 Å². The summed E-state index contributed by atoms with van der Waals surface area (Å²) in [6, 6.07) is 6.59. The Morgan fingerprint density at radius 2 is 2.00 bits per heavy atom. The van der Waals surface area contributed by atoms with Crippen molar-refractivity contribution in [2.45, 2.75) is 45.4 Å². The van der Waals surface area contributed by atoms with Crippen molar-refractivity contribution in [1.82, 2.24) is 10.2 Å². The van der Waals surface area contributed by atoms with Gasteiger partial charge in [0.25, 0.3) is 0 Å². The van der Waals surface area contributed by atoms with Crippen molar-refractivity contribution in [1.29, 1.82) is 0 Å². The van der Waals surface area contributed by atoms with Crippen LogP contribution >= 0.6 is 0 Å². The Bertz CT molecular complexity index is 877. The standard InChI is InChI=1S/C20H21FN2O/c1-19(2)9-12-7-16-15(11-22-23-16)20(3,18(12)17(24)10-19)13-5-4-6-14(21)8-13/h4-6,8,11H,7,9-10H2,1-3H3,(H,22,23)/t20-/m0/s1. The van der Waals surface area contributed by atoms with Crippen molar-refractivity contribution >= 4 is 5.78 Å². The quantitative estimate of drug-likeness (QED) is 0.858. The van der Waals surface area contributed by atoms with Crippen LogP contribution in [0, 0.1) is 11.2 Å². The number of nitrogens with zero attached hydrogens (tertiary/aromatic N) is 1. The van der Waals surface area contributed by atoms with E-state index in [1.165, 1.54) is 11.6 Å². The molecule has 2 aliphatic carbocycles. The Hall–Kier alpha value is -2.23. The second-order valence-corrected chi connectivity index (χ2v) is 7.99. The molecule has 4 heteroatoms. The number of rotatable bonds is 1. The monoisotopic (exact) mass is 324 g/mol. The molecule has 4 rings (SSSR count). The van der Waals surface area contributed by atoms with E-state index in [0.29, 0.717) is 6.42 Å². The number of aromatic nitrogens is 2. The summed E-state index contributed by atoms with van der Waals surface area (Å²) in [6.07, 6.45) is 3.93. The third-order valence-electron chi connectivity index (χ3n) is 5.51. The summed E-state index contributed by atoms with van der Waals surface area (Å²) in [7, 11) is 0. The Morgan fingerprint density at radius 1 is 1.21 bits per heavy atom. The van der Waals surface area contributed by atoms with E-state index in [4.69, 9.17) is 0 Å². The molecule has 1 atom stereocenters. The summed E-state index contributed by atoms with van der Waals surface area (Å²) in [5.41, 5.74) is 4.17. The first-order chi connectivity index (χ1) is 11.3. The minimum absolute atomic E-state index is 0.0315. The molecule has 0 saturated carbocycles. The van der Waals surface area contributed by atoms with Gasteiger partial charge in [-0.15, -0.1) is 0 Å². The minimum atomic E-state index is -0.647. The molecule has 1 heterocycles. The number of halogens is 1. The highest BCUT2D eigenvalue weighted by Crippen LogP contribution is 2.51. The van der Waals surface area contributed by atoms with E-state index in [9.17, 15) is 9.18 Å². The summed E-state index contributed by atoms with van der Waals surface area (Å²) in [5.74, 6) is -0.102. The molecule has 124 valence electrons. The van der Waals surface area contributed by atoms with Crippen LogP contribution in [0.1, 0.15) is 50.4 Å². The van der Waals surface area contributed by atoms with Gasteiger partial charge in [-0.05, 0) is 36.5 Å². The second kappa shape index (κ2) is 4.88. The summed E-state index contributed by atoms with van der Waals surface area (Å²) < 4.78 is 13.9. The Balaban J connectivity index is 2.00. The number of aromatic amines is 1. The Kier molecular flexibility index (Phi) is 3.11. The van der Waals surface area contributed by atoms with Crippen molar-refractivity contribution in [3.63, 3.8) is 0 Å². The van der Waals surface area contributed by atoms with Gasteiger partial charge in [-0.3, -0.25) is 9.89 Å². The van der Waals surface area contributed by atoms with Crippen LogP contribution in [0.2, 0.25) is 0 Å². The highest BCUT2D eigenvalue weighted by Gasteiger charge is 2.47. The van der Waals surface area contributed by atoms with Crippen molar-refractivity contribution in [2.75, 3.05) is 0 Å². The molecule has 0 fully saturated rings. The zero-order chi connectivity index (χ0) is 17.1. The van der Waals surface area contributed by atoms with Crippen molar-refractivity contribution < 1.29 is 9.18 Å². The van der Waals surface area contributed by atoms with Crippen molar-refractivity contribution in [3.8, 4) is 0 Å². The van der Waals surface area contributed by atoms with E-state index >= 15 is 0 Å². The maximum Gasteiger partial charge on any atom is 0.160 e. The second-order valence-electron chi connectivity index (χ2n) is 7.99. The van der Waals surface area contributed by atoms with Crippen LogP contribution in [0.5, 0.6) is 0 Å². The molecule has 24 heavy (non-hydrogen) atoms. The first-order valence-electron chi connectivity index (χ1n) is 8.36. The molecule has 2 aliphatic rings. The highest BCUT2D eigenvalue weighted by molar-refractivity contribution is 6.01.